The zero-order chi connectivity index (χ0) is 16.4. The van der Waals surface area contributed by atoms with Crippen molar-refractivity contribution in [2.45, 2.75) is 25.4 Å². The largest absolute Gasteiger partial charge is 0.354 e. The second-order valence-electron chi connectivity index (χ2n) is 5.49. The van der Waals surface area contributed by atoms with E-state index in [4.69, 9.17) is 0 Å². The summed E-state index contributed by atoms with van der Waals surface area (Å²) in [7, 11) is 1.49. The van der Waals surface area contributed by atoms with Gasteiger partial charge in [-0.2, -0.15) is 5.10 Å². The monoisotopic (exact) mass is 316 g/mol. The van der Waals surface area contributed by atoms with E-state index in [1.807, 2.05) is 0 Å². The van der Waals surface area contributed by atoms with Gasteiger partial charge in [-0.05, 0) is 18.9 Å². The lowest BCUT2D eigenvalue weighted by Gasteiger charge is -2.08. The van der Waals surface area contributed by atoms with Crippen LogP contribution in [0.2, 0.25) is 0 Å². The number of halogens is 1. The molecule has 0 aliphatic heterocycles. The van der Waals surface area contributed by atoms with Gasteiger partial charge in [-0.1, -0.05) is 18.2 Å². The number of aromatic nitrogens is 2. The highest BCUT2D eigenvalue weighted by molar-refractivity contribution is 5.98. The Hall–Kier alpha value is -2.70. The number of carbonyl (C=O) groups excluding carboxylic acids is 2. The van der Waals surface area contributed by atoms with E-state index in [0.29, 0.717) is 5.56 Å². The van der Waals surface area contributed by atoms with E-state index < -0.39 is 5.91 Å². The molecule has 120 valence electrons. The molecule has 3 rings (SSSR count). The van der Waals surface area contributed by atoms with Crippen LogP contribution in [-0.4, -0.2) is 34.7 Å². The predicted molar refractivity (Wildman–Crippen MR) is 81.6 cm³/mol. The second kappa shape index (κ2) is 6.20. The van der Waals surface area contributed by atoms with Gasteiger partial charge in [0.25, 0.3) is 11.8 Å². The maximum Gasteiger partial charge on any atom is 0.271 e. The van der Waals surface area contributed by atoms with E-state index in [2.05, 4.69) is 15.7 Å². The first-order valence-corrected chi connectivity index (χ1v) is 7.42. The molecule has 0 saturated heterocycles. The Morgan fingerprint density at radius 2 is 2.04 bits per heavy atom. The molecule has 1 aromatic heterocycles. The van der Waals surface area contributed by atoms with Crippen LogP contribution in [0.1, 0.15) is 39.4 Å². The van der Waals surface area contributed by atoms with Gasteiger partial charge < -0.3 is 10.6 Å². The molecule has 1 aliphatic carbocycles. The zero-order valence-corrected chi connectivity index (χ0v) is 12.7. The maximum atomic E-state index is 13.8. The van der Waals surface area contributed by atoms with Crippen molar-refractivity contribution in [1.29, 1.82) is 0 Å². The van der Waals surface area contributed by atoms with E-state index in [1.54, 1.807) is 18.2 Å². The fourth-order valence-electron chi connectivity index (χ4n) is 2.23. The molecule has 1 saturated carbocycles. The van der Waals surface area contributed by atoms with Crippen LogP contribution in [0.5, 0.6) is 0 Å². The number of carbonyl (C=O) groups is 2. The van der Waals surface area contributed by atoms with Gasteiger partial charge in [-0.15, -0.1) is 0 Å². The number of nitrogens with one attached hydrogen (secondary N) is 2. The van der Waals surface area contributed by atoms with Crippen molar-refractivity contribution in [2.24, 2.45) is 0 Å². The van der Waals surface area contributed by atoms with E-state index in [9.17, 15) is 14.0 Å². The minimum atomic E-state index is -0.391. The van der Waals surface area contributed by atoms with E-state index >= 15 is 0 Å². The van der Waals surface area contributed by atoms with Gasteiger partial charge in [0.1, 0.15) is 11.5 Å². The minimum Gasteiger partial charge on any atom is -0.354 e. The summed E-state index contributed by atoms with van der Waals surface area (Å²) in [6.45, 7) is 0.0804. The number of hydrogen-bond acceptors (Lipinski definition) is 3. The normalized spacial score (nSPS) is 13.7. The highest BCUT2D eigenvalue weighted by Crippen LogP contribution is 2.20. The van der Waals surface area contributed by atoms with Crippen molar-refractivity contribution in [3.63, 3.8) is 0 Å². The number of hydrogen-bond donors (Lipinski definition) is 2. The van der Waals surface area contributed by atoms with Gasteiger partial charge in [0.05, 0.1) is 6.54 Å². The predicted octanol–water partition coefficient (Wildman–Crippen LogP) is 1.32. The molecule has 2 N–H and O–H groups in total. The molecule has 6 nitrogen and oxygen atoms in total. The van der Waals surface area contributed by atoms with Gasteiger partial charge >= 0.3 is 0 Å². The van der Waals surface area contributed by atoms with Crippen molar-refractivity contribution < 1.29 is 14.0 Å². The van der Waals surface area contributed by atoms with Crippen LogP contribution in [0.4, 0.5) is 4.39 Å². The summed E-state index contributed by atoms with van der Waals surface area (Å²) < 4.78 is 15.2. The van der Waals surface area contributed by atoms with Gasteiger partial charge in [-0.25, -0.2) is 4.39 Å². The average Bonchev–Trinajstić information content (AvgIpc) is 3.25. The molecule has 2 aromatic rings. The molecule has 0 radical (unpaired) electrons. The van der Waals surface area contributed by atoms with Crippen LogP contribution in [-0.2, 0) is 6.54 Å². The Balaban J connectivity index is 1.92. The SMILES string of the molecule is CNC(=O)c1cc(C(=O)NC2CC2)n(Cc2ccccc2F)n1. The van der Waals surface area contributed by atoms with Crippen LogP contribution in [0.25, 0.3) is 0 Å². The van der Waals surface area contributed by atoms with Crippen LogP contribution in [0.15, 0.2) is 30.3 Å². The molecule has 7 heteroatoms. The second-order valence-corrected chi connectivity index (χ2v) is 5.49. The zero-order valence-electron chi connectivity index (χ0n) is 12.7. The molecular weight excluding hydrogens is 299 g/mol. The van der Waals surface area contributed by atoms with E-state index in [1.165, 1.54) is 23.9 Å². The third-order valence-electron chi connectivity index (χ3n) is 3.66. The van der Waals surface area contributed by atoms with E-state index in [-0.39, 0.29) is 35.7 Å². The summed E-state index contributed by atoms with van der Waals surface area (Å²) in [6.07, 6.45) is 1.91. The fraction of sp³-hybridized carbons (Fsp3) is 0.312. The Labute approximate surface area is 132 Å². The van der Waals surface area contributed by atoms with Gasteiger partial charge in [0.2, 0.25) is 0 Å². The average molecular weight is 316 g/mol. The minimum absolute atomic E-state index is 0.0804. The van der Waals surface area contributed by atoms with Crippen LogP contribution in [0.3, 0.4) is 0 Å². The molecule has 0 unspecified atom stereocenters. The van der Waals surface area contributed by atoms with Crippen molar-refractivity contribution in [3.8, 4) is 0 Å². The third-order valence-corrected chi connectivity index (χ3v) is 3.66. The molecule has 2 amide bonds. The molecule has 23 heavy (non-hydrogen) atoms. The first kappa shape index (κ1) is 15.2. The summed E-state index contributed by atoms with van der Waals surface area (Å²) in [5.41, 5.74) is 0.781. The highest BCUT2D eigenvalue weighted by atomic mass is 19.1. The van der Waals surface area contributed by atoms with Crippen molar-refractivity contribution in [1.82, 2.24) is 20.4 Å². The molecule has 1 aliphatic rings. The number of nitrogens with zero attached hydrogens (tertiary/aromatic N) is 2. The standard InChI is InChI=1S/C16H17FN4O2/c1-18-15(22)13-8-14(16(23)19-11-6-7-11)21(20-13)9-10-4-2-3-5-12(10)17/h2-5,8,11H,6-7,9H2,1H3,(H,18,22)(H,19,23). The smallest absolute Gasteiger partial charge is 0.271 e. The molecule has 0 bridgehead atoms. The molecule has 1 heterocycles. The van der Waals surface area contributed by atoms with Gasteiger partial charge in [0.15, 0.2) is 5.69 Å². The molecular formula is C16H17FN4O2. The number of rotatable bonds is 5. The number of benzene rings is 1. The third kappa shape index (κ3) is 3.39. The van der Waals surface area contributed by atoms with E-state index in [0.717, 1.165) is 12.8 Å². The van der Waals surface area contributed by atoms with Crippen LogP contribution >= 0.6 is 0 Å². The summed E-state index contributed by atoms with van der Waals surface area (Å²) in [5, 5.41) is 9.47. The quantitative estimate of drug-likeness (QED) is 0.873. The Morgan fingerprint density at radius 1 is 1.30 bits per heavy atom. The summed E-state index contributed by atoms with van der Waals surface area (Å²) in [5.74, 6) is -1.07. The molecule has 0 spiro atoms. The molecule has 0 atom stereocenters. The topological polar surface area (TPSA) is 76.0 Å². The fourth-order valence-corrected chi connectivity index (χ4v) is 2.23. The lowest BCUT2D eigenvalue weighted by Crippen LogP contribution is -2.28. The van der Waals surface area contributed by atoms with Crippen LogP contribution < -0.4 is 10.6 Å². The first-order chi connectivity index (χ1) is 11.1. The van der Waals surface area contributed by atoms with Gasteiger partial charge in [0, 0.05) is 24.7 Å². The van der Waals surface area contributed by atoms with Crippen molar-refractivity contribution in [3.05, 3.63) is 53.1 Å². The Bertz CT molecular complexity index is 752. The first-order valence-electron chi connectivity index (χ1n) is 7.42. The number of amides is 2. The lowest BCUT2D eigenvalue weighted by molar-refractivity contribution is 0.0937. The summed E-state index contributed by atoms with van der Waals surface area (Å²) in [6, 6.07) is 7.89. The van der Waals surface area contributed by atoms with Crippen molar-refractivity contribution in [2.75, 3.05) is 7.05 Å². The van der Waals surface area contributed by atoms with Crippen LogP contribution in [0, 0.1) is 5.82 Å². The Morgan fingerprint density at radius 3 is 2.70 bits per heavy atom. The molecule has 1 fully saturated rings. The molecule has 1 aromatic carbocycles. The lowest BCUT2D eigenvalue weighted by atomic mass is 10.2. The maximum absolute atomic E-state index is 13.8. The summed E-state index contributed by atoms with van der Waals surface area (Å²) >= 11 is 0. The summed E-state index contributed by atoms with van der Waals surface area (Å²) in [4.78, 5) is 24.1. The van der Waals surface area contributed by atoms with Crippen molar-refractivity contribution >= 4 is 11.8 Å². The van der Waals surface area contributed by atoms with Gasteiger partial charge in [-0.3, -0.25) is 14.3 Å². The Kier molecular flexibility index (Phi) is 4.10. The highest BCUT2D eigenvalue weighted by Gasteiger charge is 2.26.